The highest BCUT2D eigenvalue weighted by Crippen LogP contribution is 2.27. The molecule has 7 nitrogen and oxygen atoms in total. The summed E-state index contributed by atoms with van der Waals surface area (Å²) in [7, 11) is 0. The van der Waals surface area contributed by atoms with E-state index in [1.54, 1.807) is 24.3 Å². The van der Waals surface area contributed by atoms with Gasteiger partial charge in [0.1, 0.15) is 0 Å². The summed E-state index contributed by atoms with van der Waals surface area (Å²) in [6.45, 7) is 6.31. The maximum absolute atomic E-state index is 12.9. The number of Topliss-reactive ketones (excluding diaryl/α,β-unsaturated/α-hetero) is 1. The molecule has 5 rings (SSSR count). The number of carboxylic acids is 1. The number of nitrogens with zero attached hydrogens (tertiary/aromatic N) is 3. The third-order valence-corrected chi connectivity index (χ3v) is 7.45. The summed E-state index contributed by atoms with van der Waals surface area (Å²) in [5.41, 5.74) is 6.53. The molecule has 214 valence electrons. The molecule has 0 saturated heterocycles. The summed E-state index contributed by atoms with van der Waals surface area (Å²) in [4.78, 5) is 29.4. The van der Waals surface area contributed by atoms with Gasteiger partial charge in [-0.25, -0.2) is 0 Å². The van der Waals surface area contributed by atoms with Crippen molar-refractivity contribution < 1.29 is 19.2 Å². The Bertz CT molecular complexity index is 1770. The zero-order valence-electron chi connectivity index (χ0n) is 24.2. The van der Waals surface area contributed by atoms with E-state index in [4.69, 9.17) is 9.78 Å². The zero-order valence-corrected chi connectivity index (χ0v) is 24.2. The third kappa shape index (κ3) is 6.94. The second-order valence-corrected chi connectivity index (χ2v) is 11.6. The van der Waals surface area contributed by atoms with Crippen LogP contribution >= 0.6 is 0 Å². The molecule has 1 atom stereocenters. The molecule has 0 aliphatic rings. The summed E-state index contributed by atoms with van der Waals surface area (Å²) in [6, 6.07) is 31.9. The minimum atomic E-state index is -1.00. The van der Waals surface area contributed by atoms with Crippen molar-refractivity contribution in [3.05, 3.63) is 119 Å². The Morgan fingerprint density at radius 2 is 1.37 bits per heavy atom. The highest BCUT2D eigenvalue weighted by Gasteiger charge is 2.23. The Morgan fingerprint density at radius 1 is 0.814 bits per heavy atom. The van der Waals surface area contributed by atoms with Crippen molar-refractivity contribution in [2.24, 2.45) is 5.92 Å². The lowest BCUT2D eigenvalue weighted by Crippen LogP contribution is -2.20. The number of hydrogen-bond donors (Lipinski definition) is 1. The predicted molar refractivity (Wildman–Crippen MR) is 164 cm³/mol. The Morgan fingerprint density at radius 3 is 1.93 bits per heavy atom. The van der Waals surface area contributed by atoms with Gasteiger partial charge in [0.25, 0.3) is 5.89 Å². The van der Waals surface area contributed by atoms with Gasteiger partial charge in [-0.1, -0.05) is 98.7 Å². The van der Waals surface area contributed by atoms with Gasteiger partial charge >= 0.3 is 5.97 Å². The van der Waals surface area contributed by atoms with Crippen LogP contribution in [0, 0.1) is 17.2 Å². The van der Waals surface area contributed by atoms with Crippen LogP contribution in [0.4, 0.5) is 0 Å². The summed E-state index contributed by atoms with van der Waals surface area (Å²) < 4.78 is 5.51. The number of aromatic nitrogens is 2. The Balaban J connectivity index is 1.23. The normalized spacial score (nSPS) is 12.0. The fourth-order valence-corrected chi connectivity index (χ4v) is 4.82. The van der Waals surface area contributed by atoms with E-state index in [0.29, 0.717) is 22.8 Å². The Hall–Kier alpha value is -5.35. The lowest BCUT2D eigenvalue weighted by Gasteiger charge is -2.19. The number of aliphatic carboxylic acids is 1. The predicted octanol–water partition coefficient (Wildman–Crippen LogP) is 7.76. The number of ketones is 1. The van der Waals surface area contributed by atoms with E-state index >= 15 is 0 Å². The number of carboxylic acid groups (broad SMARTS) is 1. The van der Waals surface area contributed by atoms with Gasteiger partial charge in [-0.15, -0.1) is 0 Å². The van der Waals surface area contributed by atoms with Gasteiger partial charge < -0.3 is 9.63 Å². The van der Waals surface area contributed by atoms with Crippen LogP contribution < -0.4 is 0 Å². The fourth-order valence-electron chi connectivity index (χ4n) is 4.82. The topological polar surface area (TPSA) is 117 Å². The van der Waals surface area contributed by atoms with E-state index < -0.39 is 11.9 Å². The van der Waals surface area contributed by atoms with Crippen molar-refractivity contribution in [1.29, 1.82) is 5.26 Å². The van der Waals surface area contributed by atoms with Crippen LogP contribution in [-0.2, 0) is 16.6 Å². The Labute approximate surface area is 250 Å². The average Bonchev–Trinajstić information content (AvgIpc) is 3.51. The lowest BCUT2D eigenvalue weighted by molar-refractivity contribution is -0.141. The standard InChI is InChI=1S/C36H31N3O4/c1-36(2,3)31-18-16-27(17-19-31)32(40)21-30(35(41)42)20-23-4-10-28(11-5-23)33-38-34(43-39-33)29-14-12-26(13-15-29)25-8-6-24(22-37)7-9-25/h4-19,30H,20-21H2,1-3H3,(H,41,42)/t30-/m1/s1. The first-order valence-electron chi connectivity index (χ1n) is 14.0. The summed E-state index contributed by atoms with van der Waals surface area (Å²) in [5, 5.41) is 22.9. The molecule has 1 aromatic heterocycles. The smallest absolute Gasteiger partial charge is 0.307 e. The van der Waals surface area contributed by atoms with Gasteiger partial charge in [0, 0.05) is 23.1 Å². The average molecular weight is 570 g/mol. The molecule has 4 aromatic carbocycles. The quantitative estimate of drug-likeness (QED) is 0.180. The molecule has 0 unspecified atom stereocenters. The monoisotopic (exact) mass is 569 g/mol. The van der Waals surface area contributed by atoms with E-state index in [-0.39, 0.29) is 24.0 Å². The first kappa shape index (κ1) is 29.2. The van der Waals surface area contributed by atoms with Crippen molar-refractivity contribution in [2.75, 3.05) is 0 Å². The molecular formula is C36H31N3O4. The maximum Gasteiger partial charge on any atom is 0.307 e. The molecule has 1 heterocycles. The minimum absolute atomic E-state index is 0.0277. The van der Waals surface area contributed by atoms with Crippen molar-refractivity contribution in [2.45, 2.75) is 39.0 Å². The fraction of sp³-hybridized carbons (Fsp3) is 0.194. The lowest BCUT2D eigenvalue weighted by atomic mass is 9.86. The molecule has 0 aliphatic carbocycles. The van der Waals surface area contributed by atoms with Crippen LogP contribution in [0.15, 0.2) is 102 Å². The Kier molecular flexibility index (Phi) is 8.31. The van der Waals surface area contributed by atoms with Crippen LogP contribution in [0.5, 0.6) is 0 Å². The molecule has 0 saturated carbocycles. The van der Waals surface area contributed by atoms with Crippen molar-refractivity contribution in [3.8, 4) is 40.0 Å². The van der Waals surface area contributed by atoms with Gasteiger partial charge in [-0.05, 0) is 58.4 Å². The summed E-state index contributed by atoms with van der Waals surface area (Å²) in [6.07, 6.45) is 0.147. The molecule has 7 heteroatoms. The second-order valence-electron chi connectivity index (χ2n) is 11.6. The van der Waals surface area contributed by atoms with E-state index in [1.807, 2.05) is 72.8 Å². The molecule has 43 heavy (non-hydrogen) atoms. The van der Waals surface area contributed by atoms with Gasteiger partial charge in [-0.3, -0.25) is 9.59 Å². The second kappa shape index (κ2) is 12.3. The molecule has 0 fully saturated rings. The van der Waals surface area contributed by atoms with E-state index in [0.717, 1.165) is 33.4 Å². The van der Waals surface area contributed by atoms with Crippen LogP contribution in [0.1, 0.15) is 54.2 Å². The van der Waals surface area contributed by atoms with Gasteiger partial charge in [0.15, 0.2) is 5.78 Å². The minimum Gasteiger partial charge on any atom is -0.481 e. The van der Waals surface area contributed by atoms with E-state index in [1.165, 1.54) is 0 Å². The van der Waals surface area contributed by atoms with Crippen LogP contribution in [-0.4, -0.2) is 27.0 Å². The molecule has 0 bridgehead atoms. The highest BCUT2D eigenvalue weighted by molar-refractivity contribution is 5.98. The number of benzene rings is 4. The number of carbonyl (C=O) groups is 2. The maximum atomic E-state index is 12.9. The van der Waals surface area contributed by atoms with Gasteiger partial charge in [0.05, 0.1) is 17.6 Å². The first-order valence-corrected chi connectivity index (χ1v) is 14.0. The van der Waals surface area contributed by atoms with Crippen molar-refractivity contribution >= 4 is 11.8 Å². The first-order chi connectivity index (χ1) is 20.6. The van der Waals surface area contributed by atoms with E-state index in [9.17, 15) is 14.7 Å². The molecule has 1 N–H and O–H groups in total. The highest BCUT2D eigenvalue weighted by atomic mass is 16.5. The van der Waals surface area contributed by atoms with Crippen LogP contribution in [0.25, 0.3) is 34.0 Å². The SMILES string of the molecule is CC(C)(C)c1ccc(C(=O)C[C@@H](Cc2ccc(-c3noc(-c4ccc(-c5ccc(C#N)cc5)cc4)n3)cc2)C(=O)O)cc1. The third-order valence-electron chi connectivity index (χ3n) is 7.45. The van der Waals surface area contributed by atoms with Crippen molar-refractivity contribution in [1.82, 2.24) is 10.1 Å². The van der Waals surface area contributed by atoms with Crippen molar-refractivity contribution in [3.63, 3.8) is 0 Å². The molecule has 0 radical (unpaired) electrons. The number of rotatable bonds is 9. The molecule has 0 amide bonds. The summed E-state index contributed by atoms with van der Waals surface area (Å²) in [5.74, 6) is -1.23. The molecule has 0 aliphatic heterocycles. The zero-order chi connectivity index (χ0) is 30.6. The molecule has 5 aromatic rings. The van der Waals surface area contributed by atoms with Crippen LogP contribution in [0.2, 0.25) is 0 Å². The largest absolute Gasteiger partial charge is 0.481 e. The number of carbonyl (C=O) groups excluding carboxylic acids is 1. The number of hydrogen-bond acceptors (Lipinski definition) is 6. The molecular weight excluding hydrogens is 538 g/mol. The van der Waals surface area contributed by atoms with Gasteiger partial charge in [0.2, 0.25) is 5.82 Å². The van der Waals surface area contributed by atoms with Crippen LogP contribution in [0.3, 0.4) is 0 Å². The van der Waals surface area contributed by atoms with E-state index in [2.05, 4.69) is 37.0 Å². The summed E-state index contributed by atoms with van der Waals surface area (Å²) >= 11 is 0. The number of nitriles is 1. The molecule has 0 spiro atoms. The van der Waals surface area contributed by atoms with Gasteiger partial charge in [-0.2, -0.15) is 10.2 Å².